The molecule has 1 aromatic carbocycles. The molecule has 1 aliphatic rings. The first kappa shape index (κ1) is 14.6. The van der Waals surface area contributed by atoms with Crippen LogP contribution in [-0.4, -0.2) is 19.4 Å². The number of carbonyl (C=O) groups is 1. The second kappa shape index (κ2) is 6.56. The first-order chi connectivity index (χ1) is 9.65. The highest BCUT2D eigenvalue weighted by molar-refractivity contribution is 5.78. The number of hydrogen-bond acceptors (Lipinski definition) is 3. The molecule has 0 bridgehead atoms. The van der Waals surface area contributed by atoms with E-state index in [4.69, 9.17) is 0 Å². The predicted molar refractivity (Wildman–Crippen MR) is 80.9 cm³/mol. The SMILES string of the molecule is CC(C)C1CCCN(c2ccc(C=O)cc2C#N)CC1. The lowest BCUT2D eigenvalue weighted by Gasteiger charge is -2.24. The third-order valence-corrected chi connectivity index (χ3v) is 4.33. The molecule has 1 unspecified atom stereocenters. The van der Waals surface area contributed by atoms with Crippen LogP contribution in [0.1, 0.15) is 49.0 Å². The lowest BCUT2D eigenvalue weighted by Crippen LogP contribution is -2.25. The summed E-state index contributed by atoms with van der Waals surface area (Å²) in [5.74, 6) is 1.50. The summed E-state index contributed by atoms with van der Waals surface area (Å²) in [4.78, 5) is 13.1. The number of carbonyl (C=O) groups excluding carboxylic acids is 1. The van der Waals surface area contributed by atoms with Crippen molar-refractivity contribution >= 4 is 12.0 Å². The number of aldehydes is 1. The van der Waals surface area contributed by atoms with Crippen molar-refractivity contribution in [2.75, 3.05) is 18.0 Å². The van der Waals surface area contributed by atoms with E-state index in [1.54, 1.807) is 12.1 Å². The fraction of sp³-hybridized carbons (Fsp3) is 0.529. The maximum Gasteiger partial charge on any atom is 0.150 e. The highest BCUT2D eigenvalue weighted by Crippen LogP contribution is 2.29. The van der Waals surface area contributed by atoms with Crippen LogP contribution in [0.2, 0.25) is 0 Å². The van der Waals surface area contributed by atoms with Crippen molar-refractivity contribution in [3.63, 3.8) is 0 Å². The highest BCUT2D eigenvalue weighted by atomic mass is 16.1. The van der Waals surface area contributed by atoms with Crippen LogP contribution in [0.15, 0.2) is 18.2 Å². The Morgan fingerprint density at radius 1 is 1.35 bits per heavy atom. The fourth-order valence-corrected chi connectivity index (χ4v) is 3.02. The summed E-state index contributed by atoms with van der Waals surface area (Å²) >= 11 is 0. The molecule has 0 aromatic heterocycles. The van der Waals surface area contributed by atoms with Gasteiger partial charge in [-0.25, -0.2) is 0 Å². The fourth-order valence-electron chi connectivity index (χ4n) is 3.02. The topological polar surface area (TPSA) is 44.1 Å². The van der Waals surface area contributed by atoms with E-state index in [0.717, 1.165) is 36.9 Å². The molecular weight excluding hydrogens is 248 g/mol. The third kappa shape index (κ3) is 3.19. The highest BCUT2D eigenvalue weighted by Gasteiger charge is 2.21. The van der Waals surface area contributed by atoms with Gasteiger partial charge in [-0.2, -0.15) is 5.26 Å². The van der Waals surface area contributed by atoms with E-state index in [1.807, 2.05) is 6.07 Å². The zero-order valence-corrected chi connectivity index (χ0v) is 12.3. The predicted octanol–water partition coefficient (Wildman–Crippen LogP) is 3.63. The van der Waals surface area contributed by atoms with Gasteiger partial charge >= 0.3 is 0 Å². The van der Waals surface area contributed by atoms with Crippen molar-refractivity contribution in [2.24, 2.45) is 11.8 Å². The molecular formula is C17H22N2O. The zero-order chi connectivity index (χ0) is 14.5. The normalized spacial score (nSPS) is 19.5. The van der Waals surface area contributed by atoms with Crippen LogP contribution >= 0.6 is 0 Å². The maximum atomic E-state index is 10.8. The van der Waals surface area contributed by atoms with Gasteiger partial charge in [0, 0.05) is 18.7 Å². The van der Waals surface area contributed by atoms with Gasteiger partial charge in [0.2, 0.25) is 0 Å². The summed E-state index contributed by atoms with van der Waals surface area (Å²) < 4.78 is 0. The Kier molecular flexibility index (Phi) is 4.79. The average molecular weight is 270 g/mol. The van der Waals surface area contributed by atoms with Crippen LogP contribution in [-0.2, 0) is 0 Å². The minimum absolute atomic E-state index is 0.570. The number of hydrogen-bond donors (Lipinski definition) is 0. The minimum Gasteiger partial charge on any atom is -0.370 e. The summed E-state index contributed by atoms with van der Waals surface area (Å²) in [6.07, 6.45) is 4.41. The summed E-state index contributed by atoms with van der Waals surface area (Å²) in [5, 5.41) is 9.29. The molecule has 0 N–H and O–H groups in total. The number of nitriles is 1. The number of nitrogens with zero attached hydrogens (tertiary/aromatic N) is 2. The van der Waals surface area contributed by atoms with Crippen LogP contribution in [0.4, 0.5) is 5.69 Å². The van der Waals surface area contributed by atoms with E-state index in [0.29, 0.717) is 11.1 Å². The Bertz CT molecular complexity index is 516. The summed E-state index contributed by atoms with van der Waals surface area (Å²) in [6, 6.07) is 7.62. The third-order valence-electron chi connectivity index (χ3n) is 4.33. The van der Waals surface area contributed by atoms with E-state index in [-0.39, 0.29) is 0 Å². The van der Waals surface area contributed by atoms with Crippen molar-refractivity contribution in [3.05, 3.63) is 29.3 Å². The van der Waals surface area contributed by atoms with Gasteiger partial charge in [0.05, 0.1) is 11.3 Å². The maximum absolute atomic E-state index is 10.8. The van der Waals surface area contributed by atoms with Crippen LogP contribution in [0.5, 0.6) is 0 Å². The molecule has 2 rings (SSSR count). The molecule has 1 heterocycles. The summed E-state index contributed by atoms with van der Waals surface area (Å²) in [6.45, 7) is 6.58. The molecule has 3 nitrogen and oxygen atoms in total. The Balaban J connectivity index is 2.19. The molecule has 1 fully saturated rings. The lowest BCUT2D eigenvalue weighted by molar-refractivity contribution is 0.112. The average Bonchev–Trinajstić information content (AvgIpc) is 2.72. The van der Waals surface area contributed by atoms with E-state index in [9.17, 15) is 10.1 Å². The van der Waals surface area contributed by atoms with E-state index >= 15 is 0 Å². The molecule has 0 spiro atoms. The first-order valence-electron chi connectivity index (χ1n) is 7.40. The monoisotopic (exact) mass is 270 g/mol. The Labute approximate surface area is 121 Å². The van der Waals surface area contributed by atoms with Crippen molar-refractivity contribution < 1.29 is 4.79 Å². The molecule has 1 aliphatic heterocycles. The molecule has 0 amide bonds. The minimum atomic E-state index is 0.570. The van der Waals surface area contributed by atoms with Crippen LogP contribution < -0.4 is 4.90 Å². The standard InChI is InChI=1S/C17H22N2O/c1-13(2)15-4-3-8-19(9-7-15)17-6-5-14(12-20)10-16(17)11-18/h5-6,10,12-13,15H,3-4,7-9H2,1-2H3. The van der Waals surface area contributed by atoms with Crippen molar-refractivity contribution in [1.82, 2.24) is 0 Å². The summed E-state index contributed by atoms with van der Waals surface area (Å²) in [7, 11) is 0. The van der Waals surface area contributed by atoms with Gasteiger partial charge in [-0.3, -0.25) is 4.79 Å². The smallest absolute Gasteiger partial charge is 0.150 e. The van der Waals surface area contributed by atoms with Gasteiger partial charge in [0.1, 0.15) is 12.4 Å². The second-order valence-electron chi connectivity index (χ2n) is 5.93. The molecule has 0 radical (unpaired) electrons. The van der Waals surface area contributed by atoms with Gasteiger partial charge in [0.15, 0.2) is 0 Å². The van der Waals surface area contributed by atoms with Crippen molar-refractivity contribution in [3.8, 4) is 6.07 Å². The van der Waals surface area contributed by atoms with Gasteiger partial charge in [-0.1, -0.05) is 13.8 Å². The molecule has 1 aromatic rings. The van der Waals surface area contributed by atoms with Gasteiger partial charge in [-0.05, 0) is 49.3 Å². The van der Waals surface area contributed by atoms with Gasteiger partial charge < -0.3 is 4.90 Å². The number of anilines is 1. The molecule has 20 heavy (non-hydrogen) atoms. The van der Waals surface area contributed by atoms with Gasteiger partial charge in [-0.15, -0.1) is 0 Å². The van der Waals surface area contributed by atoms with E-state index in [1.165, 1.54) is 19.3 Å². The van der Waals surface area contributed by atoms with Crippen LogP contribution in [0.3, 0.4) is 0 Å². The molecule has 1 atom stereocenters. The lowest BCUT2D eigenvalue weighted by atomic mass is 9.89. The number of benzene rings is 1. The molecule has 0 aliphatic carbocycles. The van der Waals surface area contributed by atoms with E-state index in [2.05, 4.69) is 24.8 Å². The molecule has 1 saturated heterocycles. The summed E-state index contributed by atoms with van der Waals surface area (Å²) in [5.41, 5.74) is 2.15. The van der Waals surface area contributed by atoms with Gasteiger partial charge in [0.25, 0.3) is 0 Å². The van der Waals surface area contributed by atoms with Crippen molar-refractivity contribution in [2.45, 2.75) is 33.1 Å². The number of rotatable bonds is 3. The first-order valence-corrected chi connectivity index (χ1v) is 7.40. The Morgan fingerprint density at radius 3 is 2.80 bits per heavy atom. The van der Waals surface area contributed by atoms with Crippen LogP contribution in [0.25, 0.3) is 0 Å². The van der Waals surface area contributed by atoms with E-state index < -0.39 is 0 Å². The second-order valence-corrected chi connectivity index (χ2v) is 5.93. The van der Waals surface area contributed by atoms with Crippen LogP contribution in [0, 0.1) is 23.2 Å². The largest absolute Gasteiger partial charge is 0.370 e. The molecule has 0 saturated carbocycles. The van der Waals surface area contributed by atoms with Crippen molar-refractivity contribution in [1.29, 1.82) is 5.26 Å². The molecule has 106 valence electrons. The molecule has 3 heteroatoms. The quantitative estimate of drug-likeness (QED) is 0.788. The zero-order valence-electron chi connectivity index (χ0n) is 12.3. The Hall–Kier alpha value is -1.82. The Morgan fingerprint density at radius 2 is 2.15 bits per heavy atom.